The maximum absolute atomic E-state index is 6.35. The second-order valence-electron chi connectivity index (χ2n) is 9.78. The summed E-state index contributed by atoms with van der Waals surface area (Å²) in [4.78, 5) is 7.08. The Morgan fingerprint density at radius 1 is 1.03 bits per heavy atom. The van der Waals surface area contributed by atoms with E-state index in [0.29, 0.717) is 21.7 Å². The molecule has 34 heavy (non-hydrogen) atoms. The van der Waals surface area contributed by atoms with Gasteiger partial charge in [0.2, 0.25) is 5.95 Å². The van der Waals surface area contributed by atoms with Crippen LogP contribution in [0.3, 0.4) is 0 Å². The Labute approximate surface area is 211 Å². The number of anilines is 3. The van der Waals surface area contributed by atoms with E-state index in [9.17, 15) is 0 Å². The van der Waals surface area contributed by atoms with Gasteiger partial charge in [0.15, 0.2) is 0 Å². The number of hydrogen-bond acceptors (Lipinski definition) is 4. The highest BCUT2D eigenvalue weighted by molar-refractivity contribution is 6.31. The Bertz CT molecular complexity index is 1350. The molecule has 0 aliphatic rings. The summed E-state index contributed by atoms with van der Waals surface area (Å²) < 4.78 is 7.64. The predicted molar refractivity (Wildman–Crippen MR) is 145 cm³/mol. The fourth-order valence-corrected chi connectivity index (χ4v) is 4.75. The lowest BCUT2D eigenvalue weighted by atomic mass is 9.94. The lowest BCUT2D eigenvalue weighted by molar-refractivity contribution is 0.416. The smallest absolute Gasteiger partial charge is 0.201 e. The normalized spacial score (nSPS) is 11.8. The number of hydrogen-bond donors (Lipinski definition) is 1. The van der Waals surface area contributed by atoms with E-state index >= 15 is 0 Å². The van der Waals surface area contributed by atoms with Crippen LogP contribution < -0.4 is 15.4 Å². The zero-order valence-electron chi connectivity index (χ0n) is 20.4. The highest BCUT2D eigenvalue weighted by Gasteiger charge is 2.25. The van der Waals surface area contributed by atoms with Gasteiger partial charge in [0.1, 0.15) is 11.3 Å². The number of rotatable bonds is 5. The molecule has 0 radical (unpaired) electrons. The monoisotopic (exact) mass is 496 g/mol. The Hall–Kier alpha value is -2.89. The van der Waals surface area contributed by atoms with Crippen molar-refractivity contribution in [2.75, 3.05) is 24.3 Å². The van der Waals surface area contributed by atoms with E-state index in [4.69, 9.17) is 38.7 Å². The molecule has 0 bridgehead atoms. The van der Waals surface area contributed by atoms with Crippen molar-refractivity contribution in [3.8, 4) is 16.9 Å². The number of nitrogen functional groups attached to an aromatic ring is 1. The largest absolute Gasteiger partial charge is 0.496 e. The summed E-state index contributed by atoms with van der Waals surface area (Å²) in [5, 5.41) is 1.33. The number of halogens is 2. The van der Waals surface area contributed by atoms with Crippen LogP contribution in [0, 0.1) is 12.3 Å². The Morgan fingerprint density at radius 3 is 2.32 bits per heavy atom. The van der Waals surface area contributed by atoms with Gasteiger partial charge in [0, 0.05) is 40.5 Å². The molecule has 0 amide bonds. The fraction of sp³-hybridized carbons (Fsp3) is 0.296. The average molecular weight is 497 g/mol. The van der Waals surface area contributed by atoms with E-state index in [2.05, 4.69) is 37.8 Å². The van der Waals surface area contributed by atoms with E-state index < -0.39 is 0 Å². The highest BCUT2D eigenvalue weighted by atomic mass is 35.5. The molecule has 0 aliphatic heterocycles. The van der Waals surface area contributed by atoms with Crippen LogP contribution in [0.5, 0.6) is 5.75 Å². The molecule has 4 aromatic rings. The van der Waals surface area contributed by atoms with E-state index in [1.165, 1.54) is 0 Å². The molecule has 0 unspecified atom stereocenters. The van der Waals surface area contributed by atoms with Gasteiger partial charge in [-0.3, -0.25) is 0 Å². The summed E-state index contributed by atoms with van der Waals surface area (Å²) in [5.41, 5.74) is 13.1. The second-order valence-corrected chi connectivity index (χ2v) is 10.7. The van der Waals surface area contributed by atoms with Gasteiger partial charge in [-0.15, -0.1) is 0 Å². The molecule has 0 saturated carbocycles. The number of nitrogens with two attached hydrogens (primary N) is 1. The standard InChI is InChI=1S/C27H30Cl2N4O/c1-16-13-18(29)14-22(34-6)23(16)20-11-12-21(25-24(20)31-26(30)32(25)5)33(15-27(2,3)4)19-9-7-17(28)8-10-19/h7-14H,15H2,1-6H3,(H2,30,31). The van der Waals surface area contributed by atoms with Crippen molar-refractivity contribution in [2.24, 2.45) is 12.5 Å². The lowest BCUT2D eigenvalue weighted by Gasteiger charge is -2.33. The van der Waals surface area contributed by atoms with Crippen molar-refractivity contribution in [3.05, 3.63) is 64.1 Å². The van der Waals surface area contributed by atoms with Gasteiger partial charge in [-0.2, -0.15) is 0 Å². The van der Waals surface area contributed by atoms with E-state index in [1.807, 2.05) is 54.9 Å². The Morgan fingerprint density at radius 2 is 1.71 bits per heavy atom. The minimum Gasteiger partial charge on any atom is -0.496 e. The van der Waals surface area contributed by atoms with Gasteiger partial charge in [0.05, 0.1) is 18.3 Å². The molecular weight excluding hydrogens is 467 g/mol. The minimum absolute atomic E-state index is 0.0325. The number of aromatic nitrogens is 2. The van der Waals surface area contributed by atoms with Crippen LogP contribution in [0.4, 0.5) is 17.3 Å². The molecule has 0 spiro atoms. The zero-order valence-corrected chi connectivity index (χ0v) is 21.9. The fourth-order valence-electron chi connectivity index (χ4n) is 4.37. The number of aryl methyl sites for hydroxylation is 2. The van der Waals surface area contributed by atoms with Crippen LogP contribution in [-0.4, -0.2) is 23.2 Å². The predicted octanol–water partition coefficient (Wildman–Crippen LogP) is 7.63. The van der Waals surface area contributed by atoms with Crippen molar-refractivity contribution in [2.45, 2.75) is 27.7 Å². The molecule has 0 fully saturated rings. The number of fused-ring (bicyclic) bond motifs is 1. The molecule has 178 valence electrons. The number of methoxy groups -OCH3 is 1. The van der Waals surface area contributed by atoms with Crippen LogP contribution in [0.2, 0.25) is 10.0 Å². The van der Waals surface area contributed by atoms with Crippen molar-refractivity contribution >= 4 is 51.6 Å². The van der Waals surface area contributed by atoms with Gasteiger partial charge >= 0.3 is 0 Å². The van der Waals surface area contributed by atoms with E-state index in [1.54, 1.807) is 7.11 Å². The van der Waals surface area contributed by atoms with Gasteiger partial charge in [-0.1, -0.05) is 44.0 Å². The molecule has 0 aliphatic carbocycles. The topological polar surface area (TPSA) is 56.3 Å². The van der Waals surface area contributed by atoms with Crippen LogP contribution >= 0.6 is 23.2 Å². The summed E-state index contributed by atoms with van der Waals surface area (Å²) in [6, 6.07) is 15.9. The lowest BCUT2D eigenvalue weighted by Crippen LogP contribution is -2.29. The van der Waals surface area contributed by atoms with Crippen LogP contribution in [0.25, 0.3) is 22.2 Å². The van der Waals surface area contributed by atoms with E-state index in [0.717, 1.165) is 45.6 Å². The molecule has 3 aromatic carbocycles. The number of ether oxygens (including phenoxy) is 1. The number of imidazole rings is 1. The summed E-state index contributed by atoms with van der Waals surface area (Å²) in [5.74, 6) is 1.15. The van der Waals surface area contributed by atoms with Gasteiger partial charge in [-0.25, -0.2) is 4.98 Å². The average Bonchev–Trinajstić information content (AvgIpc) is 3.06. The van der Waals surface area contributed by atoms with Gasteiger partial charge in [-0.05, 0) is 66.4 Å². The van der Waals surface area contributed by atoms with Crippen LogP contribution in [0.1, 0.15) is 26.3 Å². The third kappa shape index (κ3) is 4.55. The molecule has 0 atom stereocenters. The van der Waals surface area contributed by atoms with Crippen molar-refractivity contribution in [3.63, 3.8) is 0 Å². The third-order valence-electron chi connectivity index (χ3n) is 5.85. The quantitative estimate of drug-likeness (QED) is 0.308. The van der Waals surface area contributed by atoms with E-state index in [-0.39, 0.29) is 5.41 Å². The minimum atomic E-state index is 0.0325. The maximum Gasteiger partial charge on any atom is 0.201 e. The summed E-state index contributed by atoms with van der Waals surface area (Å²) >= 11 is 12.5. The first-order chi connectivity index (χ1) is 16.0. The van der Waals surface area contributed by atoms with Gasteiger partial charge in [0.25, 0.3) is 0 Å². The summed E-state index contributed by atoms with van der Waals surface area (Å²) in [7, 11) is 3.60. The Balaban J connectivity index is 2.02. The van der Waals surface area contributed by atoms with Crippen LogP contribution in [-0.2, 0) is 7.05 Å². The van der Waals surface area contributed by atoms with Crippen molar-refractivity contribution in [1.82, 2.24) is 9.55 Å². The molecule has 2 N–H and O–H groups in total. The molecule has 1 aromatic heterocycles. The molecule has 0 saturated heterocycles. The molecule has 7 heteroatoms. The molecule has 4 rings (SSSR count). The number of nitrogens with zero attached hydrogens (tertiary/aromatic N) is 3. The first-order valence-corrected chi connectivity index (χ1v) is 11.9. The van der Waals surface area contributed by atoms with Crippen molar-refractivity contribution < 1.29 is 4.74 Å². The molecular formula is C27H30Cl2N4O. The first-order valence-electron chi connectivity index (χ1n) is 11.1. The van der Waals surface area contributed by atoms with Crippen molar-refractivity contribution in [1.29, 1.82) is 0 Å². The second kappa shape index (κ2) is 9.05. The third-order valence-corrected chi connectivity index (χ3v) is 6.32. The molecule has 1 heterocycles. The Kier molecular flexibility index (Phi) is 6.45. The maximum atomic E-state index is 6.35. The zero-order chi connectivity index (χ0) is 24.8. The summed E-state index contributed by atoms with van der Waals surface area (Å²) in [6.07, 6.45) is 0. The first kappa shape index (κ1) is 24.2. The molecule has 5 nitrogen and oxygen atoms in total. The number of benzene rings is 3. The van der Waals surface area contributed by atoms with Crippen LogP contribution in [0.15, 0.2) is 48.5 Å². The SMILES string of the molecule is COc1cc(Cl)cc(C)c1-c1ccc(N(CC(C)(C)C)c2ccc(Cl)cc2)c2c1nc(N)n2C. The van der Waals surface area contributed by atoms with Gasteiger partial charge < -0.3 is 19.9 Å². The highest BCUT2D eigenvalue weighted by Crippen LogP contribution is 2.43. The summed E-state index contributed by atoms with van der Waals surface area (Å²) in [6.45, 7) is 9.48.